The van der Waals surface area contributed by atoms with Crippen molar-refractivity contribution in [1.82, 2.24) is 0 Å². The average Bonchev–Trinajstić information content (AvgIpc) is 3.13. The quantitative estimate of drug-likeness (QED) is 0.275. The number of hydrogen-bond acceptors (Lipinski definition) is 5. The van der Waals surface area contributed by atoms with E-state index in [9.17, 15) is 10.1 Å². The molecule has 0 amide bonds. The molecule has 128 valence electrons. The second-order valence-corrected chi connectivity index (χ2v) is 5.73. The first-order valence-electron chi connectivity index (χ1n) is 7.49. The summed E-state index contributed by atoms with van der Waals surface area (Å²) < 4.78 is 16.8. The van der Waals surface area contributed by atoms with Crippen LogP contribution in [0.2, 0.25) is 0 Å². The summed E-state index contributed by atoms with van der Waals surface area (Å²) in [6, 6.07) is 6.91. The van der Waals surface area contributed by atoms with Gasteiger partial charge in [0.2, 0.25) is 5.78 Å². The normalized spacial score (nSPS) is 10.8. The van der Waals surface area contributed by atoms with Gasteiger partial charge in [-0.05, 0) is 52.7 Å². The third-order valence-electron chi connectivity index (χ3n) is 3.14. The van der Waals surface area contributed by atoms with Crippen LogP contribution in [0.3, 0.4) is 0 Å². The number of nitriles is 1. The first-order chi connectivity index (χ1) is 12.1. The molecule has 0 aliphatic carbocycles. The summed E-state index contributed by atoms with van der Waals surface area (Å²) in [5.41, 5.74) is 0.952. The largest absolute Gasteiger partial charge is 0.490 e. The number of carbonyl (C=O) groups excluding carboxylic acids is 1. The predicted octanol–water partition coefficient (Wildman–Crippen LogP) is 4.80. The number of carbonyl (C=O) groups is 1. The summed E-state index contributed by atoms with van der Waals surface area (Å²) >= 11 is 3.43. The number of Topliss-reactive ketones (excluding diaryl/α,β-unsaturated/α-hetero) is 1. The van der Waals surface area contributed by atoms with Crippen LogP contribution in [0.1, 0.15) is 22.8 Å². The number of ketones is 1. The molecular weight excluding hydrogens is 386 g/mol. The van der Waals surface area contributed by atoms with Gasteiger partial charge < -0.3 is 13.9 Å². The van der Waals surface area contributed by atoms with Crippen LogP contribution < -0.4 is 9.47 Å². The molecule has 0 aliphatic heterocycles. The van der Waals surface area contributed by atoms with E-state index < -0.39 is 5.78 Å². The van der Waals surface area contributed by atoms with Crippen LogP contribution in [0.25, 0.3) is 6.08 Å². The lowest BCUT2D eigenvalue weighted by molar-refractivity contribution is 0.103. The molecule has 2 rings (SSSR count). The van der Waals surface area contributed by atoms with Crippen molar-refractivity contribution in [3.63, 3.8) is 0 Å². The van der Waals surface area contributed by atoms with Gasteiger partial charge in [-0.25, -0.2) is 0 Å². The third-order valence-corrected chi connectivity index (χ3v) is 3.73. The summed E-state index contributed by atoms with van der Waals surface area (Å²) in [5, 5.41) is 9.32. The van der Waals surface area contributed by atoms with Crippen LogP contribution in [-0.4, -0.2) is 19.0 Å². The number of hydrogen-bond donors (Lipinski definition) is 0. The minimum atomic E-state index is -0.405. The van der Waals surface area contributed by atoms with Crippen molar-refractivity contribution < 1.29 is 18.7 Å². The van der Waals surface area contributed by atoms with Gasteiger partial charge in [-0.15, -0.1) is 0 Å². The number of allylic oxidation sites excluding steroid dienone is 1. The second-order valence-electron chi connectivity index (χ2n) is 4.87. The van der Waals surface area contributed by atoms with Crippen LogP contribution in [0.4, 0.5) is 0 Å². The smallest absolute Gasteiger partial charge is 0.206 e. The van der Waals surface area contributed by atoms with Crippen molar-refractivity contribution in [3.8, 4) is 17.6 Å². The Morgan fingerprint density at radius 2 is 2.24 bits per heavy atom. The lowest BCUT2D eigenvalue weighted by Crippen LogP contribution is -2.02. The SMILES string of the molecule is C=CCOc1c(Br)cc(/C=C(\C#N)C(=O)c2ccoc2)cc1OCC. The van der Waals surface area contributed by atoms with Gasteiger partial charge in [0, 0.05) is 0 Å². The average molecular weight is 402 g/mol. The molecule has 5 nitrogen and oxygen atoms in total. The van der Waals surface area contributed by atoms with Gasteiger partial charge in [-0.2, -0.15) is 5.26 Å². The van der Waals surface area contributed by atoms with E-state index in [-0.39, 0.29) is 5.57 Å². The number of ether oxygens (including phenoxy) is 2. The first kappa shape index (κ1) is 18.6. The van der Waals surface area contributed by atoms with E-state index >= 15 is 0 Å². The Balaban J connectivity index is 2.42. The van der Waals surface area contributed by atoms with Crippen molar-refractivity contribution in [1.29, 1.82) is 5.26 Å². The molecular formula is C19H16BrNO4. The highest BCUT2D eigenvalue weighted by Gasteiger charge is 2.15. The van der Waals surface area contributed by atoms with E-state index in [1.54, 1.807) is 18.2 Å². The van der Waals surface area contributed by atoms with Crippen molar-refractivity contribution in [2.75, 3.05) is 13.2 Å². The maximum atomic E-state index is 12.3. The molecule has 25 heavy (non-hydrogen) atoms. The molecule has 1 heterocycles. The van der Waals surface area contributed by atoms with Gasteiger partial charge in [0.1, 0.15) is 24.5 Å². The zero-order valence-electron chi connectivity index (χ0n) is 13.6. The Morgan fingerprint density at radius 3 is 2.84 bits per heavy atom. The fourth-order valence-electron chi connectivity index (χ4n) is 2.08. The van der Waals surface area contributed by atoms with Gasteiger partial charge in [0.15, 0.2) is 11.5 Å². The maximum absolute atomic E-state index is 12.3. The van der Waals surface area contributed by atoms with Crippen molar-refractivity contribution in [2.24, 2.45) is 0 Å². The first-order valence-corrected chi connectivity index (χ1v) is 8.28. The minimum Gasteiger partial charge on any atom is -0.490 e. The molecule has 0 atom stereocenters. The van der Waals surface area contributed by atoms with E-state index in [1.807, 2.05) is 13.0 Å². The molecule has 0 unspecified atom stereocenters. The topological polar surface area (TPSA) is 72.5 Å². The van der Waals surface area contributed by atoms with Gasteiger partial charge in [-0.3, -0.25) is 4.79 Å². The Bertz CT molecular complexity index is 832. The summed E-state index contributed by atoms with van der Waals surface area (Å²) in [4.78, 5) is 12.3. The van der Waals surface area contributed by atoms with Crippen LogP contribution in [0, 0.1) is 11.3 Å². The summed E-state index contributed by atoms with van der Waals surface area (Å²) in [5.74, 6) is 0.647. The predicted molar refractivity (Wildman–Crippen MR) is 97.6 cm³/mol. The fraction of sp³-hybridized carbons (Fsp3) is 0.158. The summed E-state index contributed by atoms with van der Waals surface area (Å²) in [6.45, 7) is 6.26. The van der Waals surface area contributed by atoms with Gasteiger partial charge in [-0.1, -0.05) is 12.7 Å². The van der Waals surface area contributed by atoms with E-state index in [0.717, 1.165) is 0 Å². The van der Waals surface area contributed by atoms with Gasteiger partial charge in [0.25, 0.3) is 0 Å². The van der Waals surface area contributed by atoms with E-state index in [4.69, 9.17) is 13.9 Å². The number of rotatable bonds is 8. The third kappa shape index (κ3) is 4.61. The van der Waals surface area contributed by atoms with Crippen LogP contribution in [0.5, 0.6) is 11.5 Å². The highest BCUT2D eigenvalue weighted by atomic mass is 79.9. The van der Waals surface area contributed by atoms with Gasteiger partial charge >= 0.3 is 0 Å². The van der Waals surface area contributed by atoms with Crippen molar-refractivity contribution in [2.45, 2.75) is 6.92 Å². The zero-order chi connectivity index (χ0) is 18.2. The van der Waals surface area contributed by atoms with E-state index in [1.165, 1.54) is 24.7 Å². The molecule has 2 aromatic rings. The highest BCUT2D eigenvalue weighted by molar-refractivity contribution is 9.10. The molecule has 0 N–H and O–H groups in total. The Morgan fingerprint density at radius 1 is 1.44 bits per heavy atom. The Labute approximate surface area is 154 Å². The van der Waals surface area contributed by atoms with Crippen molar-refractivity contribution in [3.05, 3.63) is 64.6 Å². The molecule has 0 spiro atoms. The lowest BCUT2D eigenvalue weighted by atomic mass is 10.0. The number of benzene rings is 1. The molecule has 0 radical (unpaired) electrons. The molecule has 0 fully saturated rings. The fourth-order valence-corrected chi connectivity index (χ4v) is 2.66. The number of halogens is 1. The molecule has 0 saturated heterocycles. The van der Waals surface area contributed by atoms with E-state index in [2.05, 4.69) is 22.5 Å². The lowest BCUT2D eigenvalue weighted by Gasteiger charge is -2.13. The molecule has 1 aromatic heterocycles. The monoisotopic (exact) mass is 401 g/mol. The van der Waals surface area contributed by atoms with Crippen molar-refractivity contribution >= 4 is 27.8 Å². The number of furan rings is 1. The van der Waals surface area contributed by atoms with Crippen LogP contribution in [0.15, 0.2) is 57.8 Å². The minimum absolute atomic E-state index is 0.00416. The molecule has 1 aromatic carbocycles. The Hall–Kier alpha value is -2.78. The van der Waals surface area contributed by atoms with Gasteiger partial charge in [0.05, 0.1) is 22.9 Å². The van der Waals surface area contributed by atoms with Crippen LogP contribution >= 0.6 is 15.9 Å². The molecule has 0 saturated carbocycles. The zero-order valence-corrected chi connectivity index (χ0v) is 15.2. The van der Waals surface area contributed by atoms with Crippen LogP contribution in [-0.2, 0) is 0 Å². The highest BCUT2D eigenvalue weighted by Crippen LogP contribution is 2.37. The second kappa shape index (κ2) is 8.90. The summed E-state index contributed by atoms with van der Waals surface area (Å²) in [6.07, 6.45) is 5.83. The van der Waals surface area contributed by atoms with E-state index in [0.29, 0.717) is 40.3 Å². The molecule has 0 aliphatic rings. The standard InChI is InChI=1S/C19H16BrNO4/c1-3-6-25-19-16(20)9-13(10-17(19)24-4-2)8-15(11-21)18(22)14-5-7-23-12-14/h3,5,7-10,12H,1,4,6H2,2H3/b15-8+. The molecule has 0 bridgehead atoms. The maximum Gasteiger partial charge on any atom is 0.206 e. The number of nitrogens with zero attached hydrogens (tertiary/aromatic N) is 1. The molecule has 6 heteroatoms. The summed E-state index contributed by atoms with van der Waals surface area (Å²) in [7, 11) is 0. The Kier molecular flexibility index (Phi) is 6.61.